The van der Waals surface area contributed by atoms with Gasteiger partial charge in [0.2, 0.25) is 0 Å². The lowest BCUT2D eigenvalue weighted by atomic mass is 10.0. The molecule has 1 N–H and O–H groups in total. The molecule has 1 unspecified atom stereocenters. The van der Waals surface area contributed by atoms with Crippen molar-refractivity contribution in [2.75, 3.05) is 0 Å². The SMILES string of the molecule is Cc1c(OC(C)C(=O)NCc2cccnc2)ccc2c3c(c(=O)oc12)CCC3. The van der Waals surface area contributed by atoms with Crippen molar-refractivity contribution in [1.82, 2.24) is 10.3 Å². The number of amides is 1. The quantitative estimate of drug-likeness (QED) is 0.690. The van der Waals surface area contributed by atoms with E-state index in [1.54, 1.807) is 19.3 Å². The van der Waals surface area contributed by atoms with Gasteiger partial charge in [-0.1, -0.05) is 6.07 Å². The van der Waals surface area contributed by atoms with Gasteiger partial charge in [-0.3, -0.25) is 9.78 Å². The average Bonchev–Trinajstić information content (AvgIpc) is 3.20. The fraction of sp³-hybridized carbons (Fsp3) is 0.318. The van der Waals surface area contributed by atoms with Crippen LogP contribution < -0.4 is 15.7 Å². The normalized spacial score (nSPS) is 13.9. The largest absolute Gasteiger partial charge is 0.480 e. The van der Waals surface area contributed by atoms with Crippen LogP contribution in [0.3, 0.4) is 0 Å². The zero-order chi connectivity index (χ0) is 19.7. The number of nitrogens with one attached hydrogen (secondary N) is 1. The molecule has 0 spiro atoms. The highest BCUT2D eigenvalue weighted by Crippen LogP contribution is 2.33. The van der Waals surface area contributed by atoms with E-state index in [0.717, 1.165) is 46.9 Å². The molecule has 2 heterocycles. The maximum Gasteiger partial charge on any atom is 0.339 e. The van der Waals surface area contributed by atoms with Crippen LogP contribution in [-0.4, -0.2) is 17.0 Å². The van der Waals surface area contributed by atoms with Crippen LogP contribution in [0.1, 0.15) is 35.6 Å². The smallest absolute Gasteiger partial charge is 0.339 e. The van der Waals surface area contributed by atoms with Gasteiger partial charge in [0.15, 0.2) is 6.10 Å². The third kappa shape index (κ3) is 3.38. The Hall–Kier alpha value is -3.15. The van der Waals surface area contributed by atoms with Crippen molar-refractivity contribution in [3.63, 3.8) is 0 Å². The molecule has 28 heavy (non-hydrogen) atoms. The maximum absolute atomic E-state index is 12.4. The minimum atomic E-state index is -0.686. The molecule has 6 heteroatoms. The third-order valence-electron chi connectivity index (χ3n) is 5.20. The second-order valence-corrected chi connectivity index (χ2v) is 7.10. The van der Waals surface area contributed by atoms with Crippen molar-refractivity contribution in [3.05, 3.63) is 69.3 Å². The number of benzene rings is 1. The van der Waals surface area contributed by atoms with E-state index in [-0.39, 0.29) is 11.5 Å². The molecule has 3 aromatic rings. The minimum absolute atomic E-state index is 0.223. The molecule has 0 saturated carbocycles. The summed E-state index contributed by atoms with van der Waals surface area (Å²) in [5, 5.41) is 3.80. The molecule has 0 saturated heterocycles. The Balaban J connectivity index is 1.53. The van der Waals surface area contributed by atoms with Gasteiger partial charge in [-0.25, -0.2) is 4.79 Å². The molecule has 1 amide bonds. The van der Waals surface area contributed by atoms with Gasteiger partial charge in [0.1, 0.15) is 11.3 Å². The number of rotatable bonds is 5. The second kappa shape index (κ2) is 7.46. The van der Waals surface area contributed by atoms with Gasteiger partial charge in [-0.2, -0.15) is 0 Å². The fourth-order valence-corrected chi connectivity index (χ4v) is 3.67. The molecule has 1 aliphatic rings. The molecule has 0 fully saturated rings. The van der Waals surface area contributed by atoms with Crippen LogP contribution in [0.2, 0.25) is 0 Å². The molecule has 1 aliphatic carbocycles. The molecule has 2 aromatic heterocycles. The number of carbonyl (C=O) groups excluding carboxylic acids is 1. The third-order valence-corrected chi connectivity index (χ3v) is 5.20. The molecule has 0 aliphatic heterocycles. The minimum Gasteiger partial charge on any atom is -0.480 e. The Labute approximate surface area is 162 Å². The molecule has 144 valence electrons. The van der Waals surface area contributed by atoms with Crippen molar-refractivity contribution in [2.24, 2.45) is 0 Å². The van der Waals surface area contributed by atoms with Crippen molar-refractivity contribution in [1.29, 1.82) is 0 Å². The summed E-state index contributed by atoms with van der Waals surface area (Å²) in [4.78, 5) is 28.7. The van der Waals surface area contributed by atoms with E-state index in [4.69, 9.17) is 9.15 Å². The summed E-state index contributed by atoms with van der Waals surface area (Å²) < 4.78 is 11.5. The number of hydrogen-bond donors (Lipinski definition) is 1. The highest BCUT2D eigenvalue weighted by molar-refractivity contribution is 5.86. The Morgan fingerprint density at radius 3 is 2.89 bits per heavy atom. The average molecular weight is 378 g/mol. The van der Waals surface area contributed by atoms with E-state index in [9.17, 15) is 9.59 Å². The number of nitrogens with zero attached hydrogens (tertiary/aromatic N) is 1. The summed E-state index contributed by atoms with van der Waals surface area (Å²) in [5.74, 6) is 0.316. The molecule has 0 bridgehead atoms. The van der Waals surface area contributed by atoms with E-state index in [1.165, 1.54) is 0 Å². The van der Waals surface area contributed by atoms with Crippen molar-refractivity contribution in [3.8, 4) is 5.75 Å². The van der Waals surface area contributed by atoms with Crippen LogP contribution in [0.25, 0.3) is 11.0 Å². The first kappa shape index (κ1) is 18.2. The highest BCUT2D eigenvalue weighted by atomic mass is 16.5. The number of aromatic nitrogens is 1. The molecule has 0 radical (unpaired) electrons. The first-order valence-corrected chi connectivity index (χ1v) is 9.46. The van der Waals surface area contributed by atoms with Gasteiger partial charge in [0.25, 0.3) is 5.91 Å². The Morgan fingerprint density at radius 1 is 1.29 bits per heavy atom. The van der Waals surface area contributed by atoms with Gasteiger partial charge in [-0.15, -0.1) is 0 Å². The first-order chi connectivity index (χ1) is 13.5. The highest BCUT2D eigenvalue weighted by Gasteiger charge is 2.22. The van der Waals surface area contributed by atoms with Crippen LogP contribution in [0.15, 0.2) is 45.9 Å². The van der Waals surface area contributed by atoms with Crippen LogP contribution in [0, 0.1) is 6.92 Å². The van der Waals surface area contributed by atoms with Crippen molar-refractivity contribution < 1.29 is 13.9 Å². The Bertz CT molecular complexity index is 1090. The van der Waals surface area contributed by atoms with Crippen molar-refractivity contribution in [2.45, 2.75) is 45.8 Å². The lowest BCUT2D eigenvalue weighted by Crippen LogP contribution is -2.36. The van der Waals surface area contributed by atoms with Gasteiger partial charge in [0.05, 0.1) is 0 Å². The zero-order valence-electron chi connectivity index (χ0n) is 16.0. The fourth-order valence-electron chi connectivity index (χ4n) is 3.67. The summed E-state index contributed by atoms with van der Waals surface area (Å²) in [6.45, 7) is 3.93. The molecule has 1 aromatic carbocycles. The molecular formula is C22H22N2O4. The summed E-state index contributed by atoms with van der Waals surface area (Å²) in [7, 11) is 0. The monoisotopic (exact) mass is 378 g/mol. The predicted octanol–water partition coefficient (Wildman–Crippen LogP) is 3.07. The number of pyridine rings is 1. The topological polar surface area (TPSA) is 81.4 Å². The van der Waals surface area contributed by atoms with E-state index >= 15 is 0 Å². The van der Waals surface area contributed by atoms with Crippen LogP contribution in [0.5, 0.6) is 5.75 Å². The Kier molecular flexibility index (Phi) is 4.86. The summed E-state index contributed by atoms with van der Waals surface area (Å²) >= 11 is 0. The van der Waals surface area contributed by atoms with E-state index < -0.39 is 6.10 Å². The molecular weight excluding hydrogens is 356 g/mol. The zero-order valence-corrected chi connectivity index (χ0v) is 16.0. The van der Waals surface area contributed by atoms with E-state index in [0.29, 0.717) is 17.9 Å². The summed E-state index contributed by atoms with van der Waals surface area (Å²) in [6, 6.07) is 7.49. The number of aryl methyl sites for hydroxylation is 2. The first-order valence-electron chi connectivity index (χ1n) is 9.46. The van der Waals surface area contributed by atoms with Gasteiger partial charge in [0, 0.05) is 35.5 Å². The lowest BCUT2D eigenvalue weighted by molar-refractivity contribution is -0.127. The predicted molar refractivity (Wildman–Crippen MR) is 105 cm³/mol. The Morgan fingerprint density at radius 2 is 2.11 bits per heavy atom. The molecule has 6 nitrogen and oxygen atoms in total. The summed E-state index contributed by atoms with van der Waals surface area (Å²) in [5.41, 5.74) is 3.82. The van der Waals surface area contributed by atoms with Gasteiger partial charge >= 0.3 is 5.63 Å². The number of fused-ring (bicyclic) bond motifs is 3. The molecule has 4 rings (SSSR count). The van der Waals surface area contributed by atoms with Crippen LogP contribution in [-0.2, 0) is 24.2 Å². The van der Waals surface area contributed by atoms with E-state index in [1.807, 2.05) is 31.2 Å². The summed E-state index contributed by atoms with van der Waals surface area (Å²) in [6.07, 6.45) is 5.36. The van der Waals surface area contributed by atoms with Crippen LogP contribution >= 0.6 is 0 Å². The van der Waals surface area contributed by atoms with E-state index in [2.05, 4.69) is 10.3 Å². The van der Waals surface area contributed by atoms with Crippen LogP contribution in [0.4, 0.5) is 0 Å². The number of carbonyl (C=O) groups is 1. The maximum atomic E-state index is 12.4. The van der Waals surface area contributed by atoms with Gasteiger partial charge < -0.3 is 14.5 Å². The van der Waals surface area contributed by atoms with Crippen molar-refractivity contribution >= 4 is 16.9 Å². The number of ether oxygens (including phenoxy) is 1. The second-order valence-electron chi connectivity index (χ2n) is 7.10. The van der Waals surface area contributed by atoms with Gasteiger partial charge in [-0.05, 0) is 62.4 Å². The number of hydrogen-bond acceptors (Lipinski definition) is 5. The standard InChI is InChI=1S/C22H22N2O4/c1-13-19(27-14(2)21(25)24-12-15-5-4-10-23-11-15)9-8-17-16-6-3-7-18(16)22(26)28-20(13)17/h4-5,8-11,14H,3,6-7,12H2,1-2H3,(H,24,25). The molecule has 1 atom stereocenters. The lowest BCUT2D eigenvalue weighted by Gasteiger charge is -2.17.